The van der Waals surface area contributed by atoms with E-state index >= 15 is 0 Å². The molecule has 0 aromatic carbocycles. The van der Waals surface area contributed by atoms with Crippen molar-refractivity contribution in [2.24, 2.45) is 0 Å². The minimum Gasteiger partial charge on any atom is -0.389 e. The zero-order valence-electron chi connectivity index (χ0n) is 10.2. The van der Waals surface area contributed by atoms with Crippen molar-refractivity contribution in [3.63, 3.8) is 0 Å². The van der Waals surface area contributed by atoms with Crippen LogP contribution in [0, 0.1) is 6.92 Å². The number of aryl methyl sites for hydroxylation is 1. The Bertz CT molecular complexity index is 690. The SMILES string of the molecule is Cc1c(C(F)(F)F)c(=O)[nH]c2cc(C(C)O)cnc12. The number of aliphatic hydroxyl groups is 1. The van der Waals surface area contributed by atoms with Crippen molar-refractivity contribution in [2.75, 3.05) is 0 Å². The van der Waals surface area contributed by atoms with E-state index in [-0.39, 0.29) is 16.6 Å². The molecule has 0 fully saturated rings. The number of H-pyrrole nitrogens is 1. The minimum absolute atomic E-state index is 0.0660. The summed E-state index contributed by atoms with van der Waals surface area (Å²) in [5.41, 5.74) is -2.00. The van der Waals surface area contributed by atoms with E-state index in [9.17, 15) is 23.1 Å². The van der Waals surface area contributed by atoms with Crippen LogP contribution < -0.4 is 5.56 Å². The quantitative estimate of drug-likeness (QED) is 0.837. The maximum atomic E-state index is 12.8. The number of halogens is 3. The summed E-state index contributed by atoms with van der Waals surface area (Å²) >= 11 is 0. The predicted octanol–water partition coefficient (Wildman–Crippen LogP) is 2.30. The van der Waals surface area contributed by atoms with Crippen LogP contribution in [0.2, 0.25) is 0 Å². The van der Waals surface area contributed by atoms with Gasteiger partial charge in [0, 0.05) is 11.8 Å². The van der Waals surface area contributed by atoms with Gasteiger partial charge in [-0.15, -0.1) is 0 Å². The van der Waals surface area contributed by atoms with Gasteiger partial charge in [0.05, 0.1) is 17.1 Å². The first-order chi connectivity index (χ1) is 8.71. The molecule has 0 aliphatic rings. The highest BCUT2D eigenvalue weighted by atomic mass is 19.4. The van der Waals surface area contributed by atoms with Crippen LogP contribution in [0.1, 0.15) is 29.7 Å². The van der Waals surface area contributed by atoms with Crippen molar-refractivity contribution in [1.29, 1.82) is 0 Å². The van der Waals surface area contributed by atoms with E-state index in [1.54, 1.807) is 0 Å². The monoisotopic (exact) mass is 272 g/mol. The molecule has 2 aromatic rings. The second kappa shape index (κ2) is 4.34. The van der Waals surface area contributed by atoms with Gasteiger partial charge in [-0.2, -0.15) is 13.2 Å². The molecule has 0 saturated heterocycles. The summed E-state index contributed by atoms with van der Waals surface area (Å²) in [4.78, 5) is 17.6. The molecule has 19 heavy (non-hydrogen) atoms. The van der Waals surface area contributed by atoms with Crippen molar-refractivity contribution >= 4 is 11.0 Å². The van der Waals surface area contributed by atoms with Crippen molar-refractivity contribution in [2.45, 2.75) is 26.1 Å². The summed E-state index contributed by atoms with van der Waals surface area (Å²) in [6, 6.07) is 1.42. The van der Waals surface area contributed by atoms with E-state index in [1.165, 1.54) is 26.1 Å². The van der Waals surface area contributed by atoms with Crippen molar-refractivity contribution in [3.8, 4) is 0 Å². The van der Waals surface area contributed by atoms with Gasteiger partial charge in [-0.05, 0) is 25.5 Å². The number of nitrogens with one attached hydrogen (secondary N) is 1. The van der Waals surface area contributed by atoms with Crippen molar-refractivity contribution < 1.29 is 18.3 Å². The van der Waals surface area contributed by atoms with Crippen LogP contribution >= 0.6 is 0 Å². The van der Waals surface area contributed by atoms with E-state index < -0.39 is 23.4 Å². The lowest BCUT2D eigenvalue weighted by molar-refractivity contribution is -0.139. The summed E-state index contributed by atoms with van der Waals surface area (Å²) in [5, 5.41) is 9.39. The zero-order chi connectivity index (χ0) is 14.4. The van der Waals surface area contributed by atoms with Gasteiger partial charge in [0.2, 0.25) is 0 Å². The Hall–Kier alpha value is -1.89. The smallest absolute Gasteiger partial charge is 0.389 e. The van der Waals surface area contributed by atoms with E-state index in [1.807, 2.05) is 0 Å². The summed E-state index contributed by atoms with van der Waals surface area (Å²) in [6.07, 6.45) is -4.25. The standard InChI is InChI=1S/C12H11F3N2O2/c1-5-9(12(13,14)15)11(19)17-8-3-7(6(2)18)4-16-10(5)8/h3-4,6,18H,1-2H3,(H,17,19). The number of aromatic nitrogens is 2. The van der Waals surface area contributed by atoms with Gasteiger partial charge in [0.15, 0.2) is 0 Å². The molecule has 0 bridgehead atoms. The number of nitrogens with zero attached hydrogens (tertiary/aromatic N) is 1. The molecule has 2 aromatic heterocycles. The highest BCUT2D eigenvalue weighted by molar-refractivity contribution is 5.79. The molecule has 0 aliphatic heterocycles. The Morgan fingerprint density at radius 2 is 2.05 bits per heavy atom. The Kier molecular flexibility index (Phi) is 3.09. The minimum atomic E-state index is -4.73. The van der Waals surface area contributed by atoms with Crippen LogP contribution in [0.5, 0.6) is 0 Å². The predicted molar refractivity (Wildman–Crippen MR) is 62.7 cm³/mol. The lowest BCUT2D eigenvalue weighted by Crippen LogP contribution is -2.23. The average molecular weight is 272 g/mol. The van der Waals surface area contributed by atoms with Crippen LogP contribution in [0.25, 0.3) is 11.0 Å². The fourth-order valence-electron chi connectivity index (χ4n) is 1.92. The molecule has 1 unspecified atom stereocenters. The van der Waals surface area contributed by atoms with Gasteiger partial charge in [0.1, 0.15) is 5.56 Å². The molecule has 1 atom stereocenters. The first-order valence-corrected chi connectivity index (χ1v) is 5.49. The molecule has 0 amide bonds. The topological polar surface area (TPSA) is 66.0 Å². The van der Waals surface area contributed by atoms with Gasteiger partial charge in [0.25, 0.3) is 5.56 Å². The first kappa shape index (κ1) is 13.5. The molecule has 0 spiro atoms. The second-order valence-corrected chi connectivity index (χ2v) is 4.29. The number of alkyl halides is 3. The van der Waals surface area contributed by atoms with Gasteiger partial charge in [-0.25, -0.2) is 0 Å². The normalized spacial score (nSPS) is 13.8. The maximum Gasteiger partial charge on any atom is 0.422 e. The lowest BCUT2D eigenvalue weighted by atomic mass is 10.1. The van der Waals surface area contributed by atoms with Gasteiger partial charge in [-0.3, -0.25) is 9.78 Å². The third-order valence-electron chi connectivity index (χ3n) is 2.88. The third-order valence-corrected chi connectivity index (χ3v) is 2.88. The lowest BCUT2D eigenvalue weighted by Gasteiger charge is -2.12. The average Bonchev–Trinajstić information content (AvgIpc) is 2.25. The summed E-state index contributed by atoms with van der Waals surface area (Å²) in [7, 11) is 0. The summed E-state index contributed by atoms with van der Waals surface area (Å²) in [5.74, 6) is 0. The highest BCUT2D eigenvalue weighted by Crippen LogP contribution is 2.31. The van der Waals surface area contributed by atoms with Crippen LogP contribution in [-0.4, -0.2) is 15.1 Å². The molecule has 4 nitrogen and oxygen atoms in total. The third kappa shape index (κ3) is 2.33. The fourth-order valence-corrected chi connectivity index (χ4v) is 1.92. The molecule has 102 valence electrons. The van der Waals surface area contributed by atoms with E-state index in [4.69, 9.17) is 0 Å². The number of aromatic amines is 1. The molecular formula is C12H11F3N2O2. The molecule has 0 saturated carbocycles. The first-order valence-electron chi connectivity index (χ1n) is 5.49. The molecule has 2 heterocycles. The van der Waals surface area contributed by atoms with Gasteiger partial charge >= 0.3 is 6.18 Å². The zero-order valence-corrected chi connectivity index (χ0v) is 10.2. The Balaban J connectivity index is 2.81. The van der Waals surface area contributed by atoms with Gasteiger partial charge < -0.3 is 10.1 Å². The van der Waals surface area contributed by atoms with E-state index in [2.05, 4.69) is 9.97 Å². The molecule has 0 radical (unpaired) electrons. The summed E-state index contributed by atoms with van der Waals surface area (Å²) in [6.45, 7) is 2.70. The molecule has 2 rings (SSSR count). The highest BCUT2D eigenvalue weighted by Gasteiger charge is 2.36. The molecule has 2 N–H and O–H groups in total. The van der Waals surface area contributed by atoms with Crippen LogP contribution in [0.15, 0.2) is 17.1 Å². The fraction of sp³-hybridized carbons (Fsp3) is 0.333. The van der Waals surface area contributed by atoms with Crippen LogP contribution in [0.3, 0.4) is 0 Å². The number of fused-ring (bicyclic) bond motifs is 1. The maximum absolute atomic E-state index is 12.8. The summed E-state index contributed by atoms with van der Waals surface area (Å²) < 4.78 is 38.3. The molecule has 7 heteroatoms. The van der Waals surface area contributed by atoms with Crippen molar-refractivity contribution in [3.05, 3.63) is 39.3 Å². The Morgan fingerprint density at radius 1 is 1.42 bits per heavy atom. The number of hydrogen-bond acceptors (Lipinski definition) is 3. The Morgan fingerprint density at radius 3 is 2.58 bits per heavy atom. The second-order valence-electron chi connectivity index (χ2n) is 4.29. The number of hydrogen-bond donors (Lipinski definition) is 2. The molecular weight excluding hydrogens is 261 g/mol. The Labute approximate surface area is 105 Å². The van der Waals surface area contributed by atoms with E-state index in [0.717, 1.165) is 0 Å². The van der Waals surface area contributed by atoms with Crippen LogP contribution in [0.4, 0.5) is 13.2 Å². The van der Waals surface area contributed by atoms with E-state index in [0.29, 0.717) is 5.56 Å². The number of pyridine rings is 2. The largest absolute Gasteiger partial charge is 0.422 e. The number of aliphatic hydroxyl groups excluding tert-OH is 1. The van der Waals surface area contributed by atoms with Crippen LogP contribution in [-0.2, 0) is 6.18 Å². The molecule has 0 aliphatic carbocycles. The van der Waals surface area contributed by atoms with Crippen molar-refractivity contribution in [1.82, 2.24) is 9.97 Å². The number of rotatable bonds is 1. The van der Waals surface area contributed by atoms with Gasteiger partial charge in [-0.1, -0.05) is 0 Å².